The number of nitrogen functional groups attached to an aromatic ring is 1. The number of anilines is 2. The van der Waals surface area contributed by atoms with Crippen molar-refractivity contribution in [2.75, 3.05) is 30.7 Å². The van der Waals surface area contributed by atoms with Crippen molar-refractivity contribution in [2.24, 2.45) is 7.05 Å². The third-order valence-electron chi connectivity index (χ3n) is 3.61. The van der Waals surface area contributed by atoms with Crippen molar-refractivity contribution in [2.45, 2.75) is 32.6 Å². The first kappa shape index (κ1) is 13.7. The number of nitrogens with two attached hydrogens (primary N) is 1. The van der Waals surface area contributed by atoms with Crippen molar-refractivity contribution in [3.8, 4) is 0 Å². The summed E-state index contributed by atoms with van der Waals surface area (Å²) in [7, 11) is 1.84. The molecule has 1 saturated heterocycles. The quantitative estimate of drug-likeness (QED) is 0.851. The number of piperidine rings is 1. The molecular weight excluding hydrogens is 242 g/mol. The van der Waals surface area contributed by atoms with Crippen LogP contribution in [0, 0.1) is 0 Å². The summed E-state index contributed by atoms with van der Waals surface area (Å²) in [5.74, 6) is 0.876. The molecule has 0 aromatic carbocycles. The Hall–Kier alpha value is -1.72. The second-order valence-electron chi connectivity index (χ2n) is 4.98. The molecule has 2 heterocycles. The second-order valence-corrected chi connectivity index (χ2v) is 4.98. The van der Waals surface area contributed by atoms with Crippen LogP contribution in [-0.4, -0.2) is 40.2 Å². The van der Waals surface area contributed by atoms with Gasteiger partial charge in [-0.25, -0.2) is 0 Å². The summed E-state index contributed by atoms with van der Waals surface area (Å²) in [6, 6.07) is 0. The van der Waals surface area contributed by atoms with E-state index in [1.54, 1.807) is 4.68 Å². The van der Waals surface area contributed by atoms with Crippen LogP contribution >= 0.6 is 0 Å². The van der Waals surface area contributed by atoms with Gasteiger partial charge in [0.2, 0.25) is 5.91 Å². The van der Waals surface area contributed by atoms with E-state index < -0.39 is 0 Å². The molecule has 106 valence electrons. The molecule has 1 aliphatic heterocycles. The number of carbonyl (C=O) groups is 1. The Balaban J connectivity index is 1.94. The van der Waals surface area contributed by atoms with Gasteiger partial charge in [-0.1, -0.05) is 6.92 Å². The minimum absolute atomic E-state index is 0.137. The molecule has 3 N–H and O–H groups in total. The van der Waals surface area contributed by atoms with Crippen LogP contribution in [0.15, 0.2) is 0 Å². The third kappa shape index (κ3) is 3.00. The minimum Gasteiger partial charge on any atom is -0.394 e. The van der Waals surface area contributed by atoms with Crippen molar-refractivity contribution in [1.82, 2.24) is 14.7 Å². The average Bonchev–Trinajstić information content (AvgIpc) is 2.72. The fourth-order valence-electron chi connectivity index (χ4n) is 2.48. The maximum atomic E-state index is 12.1. The Kier molecular flexibility index (Phi) is 4.29. The van der Waals surface area contributed by atoms with Crippen LogP contribution in [0.2, 0.25) is 0 Å². The lowest BCUT2D eigenvalue weighted by molar-refractivity contribution is -0.130. The molecule has 1 aromatic rings. The van der Waals surface area contributed by atoms with E-state index in [9.17, 15) is 4.79 Å². The Labute approximate surface area is 113 Å². The SMILES string of the molecule is CCc1nn(C)c(NCC(=O)N2CCCCC2)c1N. The van der Waals surface area contributed by atoms with Crippen LogP contribution < -0.4 is 11.1 Å². The van der Waals surface area contributed by atoms with Gasteiger partial charge >= 0.3 is 0 Å². The molecule has 0 aliphatic carbocycles. The molecule has 6 nitrogen and oxygen atoms in total. The van der Waals surface area contributed by atoms with E-state index >= 15 is 0 Å². The summed E-state index contributed by atoms with van der Waals surface area (Å²) >= 11 is 0. The van der Waals surface area contributed by atoms with Gasteiger partial charge in [-0.15, -0.1) is 0 Å². The summed E-state index contributed by atoms with van der Waals surface area (Å²) in [6.45, 7) is 4.05. The van der Waals surface area contributed by atoms with Crippen LogP contribution in [0.3, 0.4) is 0 Å². The molecule has 1 aliphatic rings. The number of nitrogens with one attached hydrogen (secondary N) is 1. The second kappa shape index (κ2) is 5.95. The smallest absolute Gasteiger partial charge is 0.241 e. The van der Waals surface area contributed by atoms with E-state index in [1.165, 1.54) is 6.42 Å². The first-order chi connectivity index (χ1) is 9.13. The van der Waals surface area contributed by atoms with Gasteiger partial charge < -0.3 is 16.0 Å². The maximum absolute atomic E-state index is 12.1. The highest BCUT2D eigenvalue weighted by Gasteiger charge is 2.18. The first-order valence-corrected chi connectivity index (χ1v) is 6.96. The minimum atomic E-state index is 0.137. The maximum Gasteiger partial charge on any atom is 0.241 e. The van der Waals surface area contributed by atoms with E-state index in [0.717, 1.165) is 43.9 Å². The molecule has 0 radical (unpaired) electrons. The Bertz CT molecular complexity index is 448. The van der Waals surface area contributed by atoms with Crippen LogP contribution in [0.25, 0.3) is 0 Å². The zero-order valence-corrected chi connectivity index (χ0v) is 11.8. The molecule has 0 bridgehead atoms. The largest absolute Gasteiger partial charge is 0.394 e. The molecule has 1 aromatic heterocycles. The highest BCUT2D eigenvalue weighted by atomic mass is 16.2. The molecule has 1 amide bonds. The van der Waals surface area contributed by atoms with E-state index in [0.29, 0.717) is 5.69 Å². The predicted octanol–water partition coefficient (Wildman–Crippen LogP) is 0.989. The Morgan fingerprint density at radius 1 is 1.37 bits per heavy atom. The van der Waals surface area contributed by atoms with Crippen molar-refractivity contribution in [3.05, 3.63) is 5.69 Å². The van der Waals surface area contributed by atoms with Crippen molar-refractivity contribution in [1.29, 1.82) is 0 Å². The molecule has 0 saturated carbocycles. The zero-order valence-electron chi connectivity index (χ0n) is 11.8. The van der Waals surface area contributed by atoms with Crippen molar-refractivity contribution in [3.63, 3.8) is 0 Å². The van der Waals surface area contributed by atoms with Crippen molar-refractivity contribution < 1.29 is 4.79 Å². The molecule has 6 heteroatoms. The lowest BCUT2D eigenvalue weighted by atomic mass is 10.1. The van der Waals surface area contributed by atoms with Gasteiger partial charge in [-0.2, -0.15) is 5.10 Å². The van der Waals surface area contributed by atoms with Gasteiger partial charge in [0.05, 0.1) is 17.9 Å². The number of amides is 1. The van der Waals surface area contributed by atoms with E-state index in [2.05, 4.69) is 10.4 Å². The normalized spacial score (nSPS) is 15.6. The molecular formula is C13H23N5O. The van der Waals surface area contributed by atoms with E-state index in [-0.39, 0.29) is 12.5 Å². The summed E-state index contributed by atoms with van der Waals surface area (Å²) in [4.78, 5) is 14.0. The summed E-state index contributed by atoms with van der Waals surface area (Å²) in [6.07, 6.45) is 4.24. The van der Waals surface area contributed by atoms with Gasteiger partial charge in [-0.3, -0.25) is 9.48 Å². The topological polar surface area (TPSA) is 76.2 Å². The van der Waals surface area contributed by atoms with E-state index in [4.69, 9.17) is 5.73 Å². The summed E-state index contributed by atoms with van der Waals surface area (Å²) < 4.78 is 1.71. The zero-order chi connectivity index (χ0) is 13.8. The van der Waals surface area contributed by atoms with Gasteiger partial charge in [0.15, 0.2) is 0 Å². The molecule has 2 rings (SSSR count). The van der Waals surface area contributed by atoms with Crippen LogP contribution in [0.4, 0.5) is 11.5 Å². The monoisotopic (exact) mass is 265 g/mol. The third-order valence-corrected chi connectivity index (χ3v) is 3.61. The lowest BCUT2D eigenvalue weighted by Gasteiger charge is -2.26. The highest BCUT2D eigenvalue weighted by molar-refractivity contribution is 5.82. The Morgan fingerprint density at radius 3 is 2.63 bits per heavy atom. The molecule has 0 atom stereocenters. The fourth-order valence-corrected chi connectivity index (χ4v) is 2.48. The van der Waals surface area contributed by atoms with Gasteiger partial charge in [-0.05, 0) is 25.7 Å². The van der Waals surface area contributed by atoms with Gasteiger partial charge in [0.1, 0.15) is 5.82 Å². The average molecular weight is 265 g/mol. The lowest BCUT2D eigenvalue weighted by Crippen LogP contribution is -2.39. The fraction of sp³-hybridized carbons (Fsp3) is 0.692. The van der Waals surface area contributed by atoms with E-state index in [1.807, 2.05) is 18.9 Å². The molecule has 0 spiro atoms. The number of carbonyl (C=O) groups excluding carboxylic acids is 1. The van der Waals surface area contributed by atoms with Crippen molar-refractivity contribution >= 4 is 17.4 Å². The van der Waals surface area contributed by atoms with Crippen LogP contribution in [0.1, 0.15) is 31.9 Å². The molecule has 19 heavy (non-hydrogen) atoms. The van der Waals surface area contributed by atoms with Gasteiger partial charge in [0, 0.05) is 20.1 Å². The first-order valence-electron chi connectivity index (χ1n) is 6.96. The summed E-state index contributed by atoms with van der Waals surface area (Å²) in [5, 5.41) is 7.44. The van der Waals surface area contributed by atoms with Gasteiger partial charge in [0.25, 0.3) is 0 Å². The number of hydrogen-bond acceptors (Lipinski definition) is 4. The highest BCUT2D eigenvalue weighted by Crippen LogP contribution is 2.22. The summed E-state index contributed by atoms with van der Waals surface area (Å²) in [5.41, 5.74) is 7.53. The van der Waals surface area contributed by atoms with Crippen LogP contribution in [0.5, 0.6) is 0 Å². The molecule has 1 fully saturated rings. The predicted molar refractivity (Wildman–Crippen MR) is 75.9 cm³/mol. The number of aryl methyl sites for hydroxylation is 2. The molecule has 0 unspecified atom stereocenters. The number of aromatic nitrogens is 2. The Morgan fingerprint density at radius 2 is 2.05 bits per heavy atom. The standard InChI is InChI=1S/C13H23N5O/c1-3-10-12(14)13(17(2)16-10)15-9-11(19)18-7-5-4-6-8-18/h15H,3-9,14H2,1-2H3. The number of rotatable bonds is 4. The number of hydrogen-bond donors (Lipinski definition) is 2. The number of nitrogens with zero attached hydrogens (tertiary/aromatic N) is 3. The van der Waals surface area contributed by atoms with Crippen LogP contribution in [-0.2, 0) is 18.3 Å². The number of likely N-dealkylation sites (tertiary alicyclic amines) is 1.